The number of nitrogens with zero attached hydrogens (tertiary/aromatic N) is 1. The summed E-state index contributed by atoms with van der Waals surface area (Å²) in [6.07, 6.45) is 8.26. The quantitative estimate of drug-likeness (QED) is 0.830. The summed E-state index contributed by atoms with van der Waals surface area (Å²) in [4.78, 5) is 14.5. The lowest BCUT2D eigenvalue weighted by Crippen LogP contribution is -2.52. The van der Waals surface area contributed by atoms with Crippen LogP contribution in [0.2, 0.25) is 0 Å². The molecule has 0 radical (unpaired) electrons. The van der Waals surface area contributed by atoms with Crippen molar-refractivity contribution >= 4 is 5.91 Å². The number of likely N-dealkylation sites (tertiary alicyclic amines) is 1. The summed E-state index contributed by atoms with van der Waals surface area (Å²) in [6.45, 7) is 2.46. The van der Waals surface area contributed by atoms with Gasteiger partial charge < -0.3 is 9.64 Å². The van der Waals surface area contributed by atoms with Gasteiger partial charge in [-0.25, -0.2) is 4.39 Å². The molecule has 136 valence electrons. The Labute approximate surface area is 149 Å². The fourth-order valence-electron chi connectivity index (χ4n) is 4.70. The van der Waals surface area contributed by atoms with Gasteiger partial charge in [0.05, 0.1) is 5.60 Å². The molecule has 1 aromatic carbocycles. The highest BCUT2D eigenvalue weighted by Crippen LogP contribution is 2.39. The zero-order valence-electron chi connectivity index (χ0n) is 14.9. The summed E-state index contributed by atoms with van der Waals surface area (Å²) < 4.78 is 19.6. The van der Waals surface area contributed by atoms with Crippen LogP contribution in [0.25, 0.3) is 0 Å². The van der Waals surface area contributed by atoms with Gasteiger partial charge in [-0.2, -0.15) is 0 Å². The first-order chi connectivity index (χ1) is 12.1. The minimum absolute atomic E-state index is 0.0629. The molecule has 1 saturated carbocycles. The van der Waals surface area contributed by atoms with Crippen LogP contribution in [0.1, 0.15) is 50.5 Å². The van der Waals surface area contributed by atoms with Crippen molar-refractivity contribution in [3.8, 4) is 0 Å². The molecular weight excluding hydrogens is 317 g/mol. The number of halogens is 1. The number of amides is 1. The van der Waals surface area contributed by atoms with Crippen molar-refractivity contribution in [2.24, 2.45) is 11.8 Å². The van der Waals surface area contributed by atoms with Crippen LogP contribution in [-0.2, 0) is 16.0 Å². The second-order valence-electron chi connectivity index (χ2n) is 8.18. The third kappa shape index (κ3) is 3.74. The molecule has 1 atom stereocenters. The molecule has 3 aliphatic rings. The average Bonchev–Trinajstić information content (AvgIpc) is 2.54. The van der Waals surface area contributed by atoms with E-state index in [1.54, 1.807) is 12.1 Å². The van der Waals surface area contributed by atoms with Gasteiger partial charge in [-0.3, -0.25) is 4.79 Å². The molecule has 2 aliphatic heterocycles. The predicted molar refractivity (Wildman–Crippen MR) is 94.7 cm³/mol. The largest absolute Gasteiger partial charge is 0.375 e. The number of hydrogen-bond donors (Lipinski definition) is 0. The average molecular weight is 345 g/mol. The summed E-state index contributed by atoms with van der Waals surface area (Å²) in [5.74, 6) is 1.06. The standard InChI is InChI=1S/C21H28FNO2/c22-19-6-1-3-16(14-19)13-17-7-12-25-21(15-17)8-10-23(11-9-21)20(24)18-4-2-5-18/h1,3,6,14,17-18H,2,4-5,7-13,15H2/t17-/m1/s1. The molecular formula is C21H28FNO2. The second-order valence-corrected chi connectivity index (χ2v) is 8.18. The first-order valence-electron chi connectivity index (χ1n) is 9.81. The van der Waals surface area contributed by atoms with Crippen LogP contribution < -0.4 is 0 Å². The maximum absolute atomic E-state index is 13.4. The van der Waals surface area contributed by atoms with Gasteiger partial charge in [-0.05, 0) is 68.6 Å². The minimum Gasteiger partial charge on any atom is -0.375 e. The molecule has 25 heavy (non-hydrogen) atoms. The molecule has 1 amide bonds. The van der Waals surface area contributed by atoms with Crippen molar-refractivity contribution in [2.75, 3.05) is 19.7 Å². The Hall–Kier alpha value is -1.42. The second kappa shape index (κ2) is 7.06. The molecule has 0 unspecified atom stereocenters. The monoisotopic (exact) mass is 345 g/mol. The van der Waals surface area contributed by atoms with E-state index in [0.29, 0.717) is 17.7 Å². The van der Waals surface area contributed by atoms with E-state index in [-0.39, 0.29) is 11.4 Å². The predicted octanol–water partition coefficient (Wildman–Crippen LogP) is 3.96. The Morgan fingerprint density at radius 1 is 1.24 bits per heavy atom. The van der Waals surface area contributed by atoms with Gasteiger partial charge in [0, 0.05) is 25.6 Å². The Balaban J connectivity index is 1.34. The Bertz CT molecular complexity index is 620. The van der Waals surface area contributed by atoms with Crippen LogP contribution in [0.5, 0.6) is 0 Å². The fraction of sp³-hybridized carbons (Fsp3) is 0.667. The molecule has 1 spiro atoms. The minimum atomic E-state index is -0.151. The lowest BCUT2D eigenvalue weighted by Gasteiger charge is -2.47. The molecule has 4 rings (SSSR count). The number of benzene rings is 1. The lowest BCUT2D eigenvalue weighted by molar-refractivity contribution is -0.152. The molecule has 3 nitrogen and oxygen atoms in total. The maximum Gasteiger partial charge on any atom is 0.225 e. The van der Waals surface area contributed by atoms with E-state index >= 15 is 0 Å². The number of carbonyl (C=O) groups excluding carboxylic acids is 1. The highest BCUT2D eigenvalue weighted by molar-refractivity contribution is 5.79. The molecule has 2 saturated heterocycles. The highest BCUT2D eigenvalue weighted by atomic mass is 19.1. The summed E-state index contributed by atoms with van der Waals surface area (Å²) in [7, 11) is 0. The highest BCUT2D eigenvalue weighted by Gasteiger charge is 2.42. The first-order valence-corrected chi connectivity index (χ1v) is 9.81. The third-order valence-electron chi connectivity index (χ3n) is 6.45. The maximum atomic E-state index is 13.4. The molecule has 0 aromatic heterocycles. The van der Waals surface area contributed by atoms with Gasteiger partial charge in [0.15, 0.2) is 0 Å². The number of piperidine rings is 1. The van der Waals surface area contributed by atoms with Crippen molar-refractivity contribution in [3.63, 3.8) is 0 Å². The summed E-state index contributed by atoms with van der Waals surface area (Å²) in [5.41, 5.74) is 1.02. The number of carbonyl (C=O) groups is 1. The van der Waals surface area contributed by atoms with E-state index in [4.69, 9.17) is 4.74 Å². The summed E-state index contributed by atoms with van der Waals surface area (Å²) in [5, 5.41) is 0. The Morgan fingerprint density at radius 2 is 2.04 bits per heavy atom. The normalized spacial score (nSPS) is 26.4. The van der Waals surface area contributed by atoms with Crippen LogP contribution in [0, 0.1) is 17.7 Å². The van der Waals surface area contributed by atoms with Gasteiger partial charge in [-0.15, -0.1) is 0 Å². The molecule has 0 bridgehead atoms. The summed E-state index contributed by atoms with van der Waals surface area (Å²) >= 11 is 0. The van der Waals surface area contributed by atoms with Gasteiger partial charge in [0.1, 0.15) is 5.82 Å². The third-order valence-corrected chi connectivity index (χ3v) is 6.45. The van der Waals surface area contributed by atoms with Crippen LogP contribution in [-0.4, -0.2) is 36.1 Å². The van der Waals surface area contributed by atoms with Crippen LogP contribution in [0.4, 0.5) is 4.39 Å². The van der Waals surface area contributed by atoms with Crippen molar-refractivity contribution in [2.45, 2.75) is 57.0 Å². The molecule has 1 aromatic rings. The van der Waals surface area contributed by atoms with Crippen molar-refractivity contribution in [1.82, 2.24) is 4.90 Å². The summed E-state index contributed by atoms with van der Waals surface area (Å²) in [6, 6.07) is 6.97. The lowest BCUT2D eigenvalue weighted by atomic mass is 9.77. The molecule has 1 aliphatic carbocycles. The van der Waals surface area contributed by atoms with Crippen molar-refractivity contribution in [3.05, 3.63) is 35.6 Å². The topological polar surface area (TPSA) is 29.5 Å². The van der Waals surface area contributed by atoms with E-state index < -0.39 is 0 Å². The van der Waals surface area contributed by atoms with E-state index in [0.717, 1.165) is 70.2 Å². The van der Waals surface area contributed by atoms with E-state index in [1.165, 1.54) is 12.5 Å². The van der Waals surface area contributed by atoms with E-state index in [2.05, 4.69) is 4.90 Å². The van der Waals surface area contributed by atoms with Gasteiger partial charge in [0.2, 0.25) is 5.91 Å². The molecule has 3 fully saturated rings. The number of hydrogen-bond acceptors (Lipinski definition) is 2. The Kier molecular flexibility index (Phi) is 4.81. The SMILES string of the molecule is O=C(C1CCC1)N1CCC2(CC1)C[C@@H](Cc1cccc(F)c1)CCO2. The zero-order valence-corrected chi connectivity index (χ0v) is 14.9. The van der Waals surface area contributed by atoms with E-state index in [1.807, 2.05) is 6.07 Å². The fourth-order valence-corrected chi connectivity index (χ4v) is 4.70. The zero-order chi connectivity index (χ0) is 17.3. The smallest absolute Gasteiger partial charge is 0.225 e. The molecule has 0 N–H and O–H groups in total. The number of ether oxygens (including phenoxy) is 1. The number of rotatable bonds is 3. The van der Waals surface area contributed by atoms with Gasteiger partial charge in [0.25, 0.3) is 0 Å². The molecule has 4 heteroatoms. The van der Waals surface area contributed by atoms with Crippen molar-refractivity contribution < 1.29 is 13.9 Å². The Morgan fingerprint density at radius 3 is 2.72 bits per heavy atom. The van der Waals surface area contributed by atoms with Crippen molar-refractivity contribution in [1.29, 1.82) is 0 Å². The van der Waals surface area contributed by atoms with Gasteiger partial charge in [-0.1, -0.05) is 18.6 Å². The van der Waals surface area contributed by atoms with Crippen LogP contribution >= 0.6 is 0 Å². The molecule has 2 heterocycles. The van der Waals surface area contributed by atoms with Crippen LogP contribution in [0.3, 0.4) is 0 Å². The van der Waals surface area contributed by atoms with Gasteiger partial charge >= 0.3 is 0 Å². The van der Waals surface area contributed by atoms with Crippen LogP contribution in [0.15, 0.2) is 24.3 Å². The van der Waals surface area contributed by atoms with E-state index in [9.17, 15) is 9.18 Å². The first kappa shape index (κ1) is 17.0.